The molecule has 0 bridgehead atoms. The van der Waals surface area contributed by atoms with Gasteiger partial charge in [-0.1, -0.05) is 6.42 Å². The van der Waals surface area contributed by atoms with Gasteiger partial charge in [0, 0.05) is 26.7 Å². The largest absolute Gasteiger partial charge is 0.359 e. The average molecular weight is 311 g/mol. The molecule has 0 aromatic carbocycles. The lowest BCUT2D eigenvalue weighted by Crippen LogP contribution is -2.44. The molecule has 6 heteroatoms. The number of nitrogens with zero attached hydrogens (tertiary/aromatic N) is 2. The summed E-state index contributed by atoms with van der Waals surface area (Å²) in [5.41, 5.74) is -0.496. The molecule has 1 fully saturated rings. The summed E-state index contributed by atoms with van der Waals surface area (Å²) in [4.78, 5) is 18.8. The molecule has 1 heterocycles. The summed E-state index contributed by atoms with van der Waals surface area (Å²) in [6.45, 7) is 11.5. The Morgan fingerprint density at radius 2 is 1.86 bits per heavy atom. The van der Waals surface area contributed by atoms with Crippen molar-refractivity contribution in [2.75, 3.05) is 46.3 Å². The van der Waals surface area contributed by atoms with E-state index in [9.17, 15) is 4.79 Å². The molecule has 1 aliphatic rings. The van der Waals surface area contributed by atoms with Crippen LogP contribution in [0.1, 0.15) is 40.0 Å². The van der Waals surface area contributed by atoms with Crippen molar-refractivity contribution in [2.45, 2.75) is 40.0 Å². The van der Waals surface area contributed by atoms with Gasteiger partial charge in [-0.05, 0) is 46.7 Å². The molecule has 1 aliphatic heterocycles. The minimum absolute atomic E-state index is 0.0143. The van der Waals surface area contributed by atoms with E-state index in [-0.39, 0.29) is 5.91 Å². The van der Waals surface area contributed by atoms with E-state index >= 15 is 0 Å². The predicted octanol–water partition coefficient (Wildman–Crippen LogP) is 0.800. The minimum atomic E-state index is -0.496. The third-order valence-corrected chi connectivity index (χ3v) is 3.99. The van der Waals surface area contributed by atoms with E-state index in [1.165, 1.54) is 32.4 Å². The van der Waals surface area contributed by atoms with Crippen molar-refractivity contribution in [3.63, 3.8) is 0 Å². The normalized spacial score (nSPS) is 17.2. The van der Waals surface area contributed by atoms with Crippen LogP contribution < -0.4 is 16.0 Å². The molecule has 0 saturated carbocycles. The molecule has 3 N–H and O–H groups in total. The number of carbonyl (C=O) groups is 1. The van der Waals surface area contributed by atoms with Crippen molar-refractivity contribution in [3.8, 4) is 0 Å². The van der Waals surface area contributed by atoms with Crippen LogP contribution in [-0.4, -0.2) is 63.1 Å². The highest BCUT2D eigenvalue weighted by Crippen LogP contribution is 2.15. The Balaban J connectivity index is 2.42. The lowest BCUT2D eigenvalue weighted by molar-refractivity contribution is -0.128. The van der Waals surface area contributed by atoms with Gasteiger partial charge in [0.15, 0.2) is 5.96 Å². The number of carbonyl (C=O) groups excluding carboxylic acids is 1. The highest BCUT2D eigenvalue weighted by molar-refractivity contribution is 5.83. The van der Waals surface area contributed by atoms with E-state index in [0.717, 1.165) is 25.6 Å². The van der Waals surface area contributed by atoms with Crippen molar-refractivity contribution in [3.05, 3.63) is 0 Å². The van der Waals surface area contributed by atoms with Crippen LogP contribution in [0.3, 0.4) is 0 Å². The third-order valence-electron chi connectivity index (χ3n) is 3.99. The van der Waals surface area contributed by atoms with Crippen LogP contribution >= 0.6 is 0 Å². The van der Waals surface area contributed by atoms with Crippen LogP contribution in [0, 0.1) is 5.41 Å². The number of piperidine rings is 1. The number of likely N-dealkylation sites (tertiary alicyclic amines) is 1. The second-order valence-electron chi connectivity index (χ2n) is 6.49. The predicted molar refractivity (Wildman–Crippen MR) is 92.1 cm³/mol. The molecular formula is C16H33N5O. The van der Waals surface area contributed by atoms with Crippen LogP contribution in [0.5, 0.6) is 0 Å². The summed E-state index contributed by atoms with van der Waals surface area (Å²) < 4.78 is 0. The van der Waals surface area contributed by atoms with E-state index in [1.807, 2.05) is 20.8 Å². The van der Waals surface area contributed by atoms with Gasteiger partial charge in [-0.25, -0.2) is 0 Å². The molecule has 128 valence electrons. The van der Waals surface area contributed by atoms with Gasteiger partial charge < -0.3 is 20.9 Å². The molecule has 0 aliphatic carbocycles. The molecule has 0 atom stereocenters. The molecule has 1 rings (SSSR count). The van der Waals surface area contributed by atoms with Gasteiger partial charge in [-0.2, -0.15) is 0 Å². The van der Waals surface area contributed by atoms with Crippen molar-refractivity contribution in [1.82, 2.24) is 20.9 Å². The van der Waals surface area contributed by atoms with E-state index < -0.39 is 5.41 Å². The Hall–Kier alpha value is -1.30. The Morgan fingerprint density at radius 3 is 2.45 bits per heavy atom. The first kappa shape index (κ1) is 18.7. The Bertz CT molecular complexity index is 362. The molecule has 0 aromatic heterocycles. The fraction of sp³-hybridized carbons (Fsp3) is 0.875. The molecule has 1 amide bonds. The summed E-state index contributed by atoms with van der Waals surface area (Å²) in [7, 11) is 1.66. The quantitative estimate of drug-likeness (QED) is 0.480. The first-order valence-corrected chi connectivity index (χ1v) is 8.46. The first-order chi connectivity index (χ1) is 10.5. The van der Waals surface area contributed by atoms with Crippen LogP contribution in [0.25, 0.3) is 0 Å². The summed E-state index contributed by atoms with van der Waals surface area (Å²) >= 11 is 0. The van der Waals surface area contributed by atoms with Gasteiger partial charge in [-0.15, -0.1) is 0 Å². The second-order valence-corrected chi connectivity index (χ2v) is 6.49. The number of hydrogen-bond donors (Lipinski definition) is 3. The minimum Gasteiger partial charge on any atom is -0.359 e. The van der Waals surface area contributed by atoms with Crippen LogP contribution in [-0.2, 0) is 4.79 Å². The van der Waals surface area contributed by atoms with Crippen molar-refractivity contribution >= 4 is 11.9 Å². The second kappa shape index (κ2) is 9.66. The SMILES string of the molecule is CCNC(=NCC(C)(C)C(=O)NC)NCCN1CCCCC1. The summed E-state index contributed by atoms with van der Waals surface area (Å²) in [6, 6.07) is 0. The fourth-order valence-electron chi connectivity index (χ4n) is 2.54. The maximum atomic E-state index is 11.8. The highest BCUT2D eigenvalue weighted by atomic mass is 16.2. The molecule has 1 saturated heterocycles. The molecule has 22 heavy (non-hydrogen) atoms. The first-order valence-electron chi connectivity index (χ1n) is 8.46. The van der Waals surface area contributed by atoms with Gasteiger partial charge in [0.25, 0.3) is 0 Å². The van der Waals surface area contributed by atoms with Crippen LogP contribution in [0.2, 0.25) is 0 Å². The molecule has 0 spiro atoms. The standard InChI is InChI=1S/C16H33N5O/c1-5-18-15(20-13-16(2,3)14(22)17-4)19-9-12-21-10-7-6-8-11-21/h5-13H2,1-4H3,(H,17,22)(H2,18,19,20). The van der Waals surface area contributed by atoms with Crippen molar-refractivity contribution < 1.29 is 4.79 Å². The number of rotatable bonds is 7. The van der Waals surface area contributed by atoms with Gasteiger partial charge in [0.2, 0.25) is 5.91 Å². The Morgan fingerprint density at radius 1 is 1.18 bits per heavy atom. The number of aliphatic imine (C=N–C) groups is 1. The van der Waals surface area contributed by atoms with E-state index in [0.29, 0.717) is 6.54 Å². The van der Waals surface area contributed by atoms with Gasteiger partial charge in [0.05, 0.1) is 12.0 Å². The Labute approximate surface area is 135 Å². The lowest BCUT2D eigenvalue weighted by atomic mass is 9.93. The topological polar surface area (TPSA) is 68.8 Å². The Kier molecular flexibility index (Phi) is 8.24. The molecular weight excluding hydrogens is 278 g/mol. The number of amides is 1. The smallest absolute Gasteiger partial charge is 0.227 e. The van der Waals surface area contributed by atoms with E-state index in [4.69, 9.17) is 0 Å². The summed E-state index contributed by atoms with van der Waals surface area (Å²) in [5, 5.41) is 9.29. The van der Waals surface area contributed by atoms with Crippen LogP contribution in [0.15, 0.2) is 4.99 Å². The van der Waals surface area contributed by atoms with Crippen molar-refractivity contribution in [1.29, 1.82) is 0 Å². The summed E-state index contributed by atoms with van der Waals surface area (Å²) in [5.74, 6) is 0.803. The zero-order valence-corrected chi connectivity index (χ0v) is 14.7. The highest BCUT2D eigenvalue weighted by Gasteiger charge is 2.26. The van der Waals surface area contributed by atoms with Gasteiger partial charge in [-0.3, -0.25) is 9.79 Å². The molecule has 0 radical (unpaired) electrons. The monoisotopic (exact) mass is 311 g/mol. The average Bonchev–Trinajstić information content (AvgIpc) is 2.52. The van der Waals surface area contributed by atoms with Gasteiger partial charge >= 0.3 is 0 Å². The molecule has 6 nitrogen and oxygen atoms in total. The zero-order valence-electron chi connectivity index (χ0n) is 14.7. The van der Waals surface area contributed by atoms with E-state index in [2.05, 4.69) is 25.8 Å². The molecule has 0 unspecified atom stereocenters. The van der Waals surface area contributed by atoms with Crippen molar-refractivity contribution in [2.24, 2.45) is 10.4 Å². The van der Waals surface area contributed by atoms with Gasteiger partial charge in [0.1, 0.15) is 0 Å². The number of hydrogen-bond acceptors (Lipinski definition) is 3. The number of nitrogens with one attached hydrogen (secondary N) is 3. The number of guanidine groups is 1. The fourth-order valence-corrected chi connectivity index (χ4v) is 2.54. The summed E-state index contributed by atoms with van der Waals surface area (Å²) in [6.07, 6.45) is 3.99. The van der Waals surface area contributed by atoms with Crippen LogP contribution in [0.4, 0.5) is 0 Å². The zero-order chi connectivity index (χ0) is 16.4. The van der Waals surface area contributed by atoms with E-state index in [1.54, 1.807) is 7.05 Å². The molecule has 0 aromatic rings. The maximum Gasteiger partial charge on any atom is 0.227 e. The third kappa shape index (κ3) is 6.64. The maximum absolute atomic E-state index is 11.8. The lowest BCUT2D eigenvalue weighted by Gasteiger charge is -2.26.